The number of rotatable bonds is 3. The summed E-state index contributed by atoms with van der Waals surface area (Å²) in [6, 6.07) is 2.50. The van der Waals surface area contributed by atoms with Gasteiger partial charge < -0.3 is 4.74 Å². The molecule has 104 valence electrons. The normalized spacial score (nSPS) is 42.5. The molecule has 3 nitrogen and oxygen atoms in total. The standard InChI is InChI=1S/C16H23NO2/c1-15(10-17,9-14(18)19-2)16-6-11-3-12(7-16)5-13(4-11)8-16/h11-13H,3-9H2,1-2H3. The van der Waals surface area contributed by atoms with Crippen LogP contribution in [0, 0.1) is 39.9 Å². The number of methoxy groups -OCH3 is 1. The van der Waals surface area contributed by atoms with Crippen LogP contribution in [0.2, 0.25) is 0 Å². The first kappa shape index (κ1) is 13.0. The second-order valence-corrected chi connectivity index (χ2v) is 7.39. The van der Waals surface area contributed by atoms with Gasteiger partial charge in [0.05, 0.1) is 25.0 Å². The van der Waals surface area contributed by atoms with E-state index >= 15 is 0 Å². The van der Waals surface area contributed by atoms with Gasteiger partial charge in [-0.05, 0) is 68.6 Å². The van der Waals surface area contributed by atoms with Crippen molar-refractivity contribution in [2.45, 2.75) is 51.9 Å². The fourth-order valence-corrected chi connectivity index (χ4v) is 5.49. The van der Waals surface area contributed by atoms with Gasteiger partial charge in [-0.3, -0.25) is 4.79 Å². The number of esters is 1. The first-order chi connectivity index (χ1) is 9.00. The Bertz CT molecular complexity index is 401. The van der Waals surface area contributed by atoms with Crippen LogP contribution in [0.15, 0.2) is 0 Å². The quantitative estimate of drug-likeness (QED) is 0.732. The number of carbonyl (C=O) groups is 1. The summed E-state index contributed by atoms with van der Waals surface area (Å²) in [7, 11) is 1.42. The smallest absolute Gasteiger partial charge is 0.307 e. The zero-order valence-corrected chi connectivity index (χ0v) is 11.9. The van der Waals surface area contributed by atoms with Crippen LogP contribution < -0.4 is 0 Å². The maximum Gasteiger partial charge on any atom is 0.307 e. The number of ether oxygens (including phenoxy) is 1. The second-order valence-electron chi connectivity index (χ2n) is 7.39. The molecule has 0 amide bonds. The maximum absolute atomic E-state index is 11.7. The molecule has 0 saturated heterocycles. The zero-order valence-electron chi connectivity index (χ0n) is 11.9. The summed E-state index contributed by atoms with van der Waals surface area (Å²) in [5, 5.41) is 9.73. The van der Waals surface area contributed by atoms with Gasteiger partial charge in [-0.15, -0.1) is 0 Å². The van der Waals surface area contributed by atoms with Crippen molar-refractivity contribution in [3.05, 3.63) is 0 Å². The van der Waals surface area contributed by atoms with E-state index in [-0.39, 0.29) is 17.8 Å². The molecule has 1 atom stereocenters. The molecule has 1 unspecified atom stereocenters. The lowest BCUT2D eigenvalue weighted by atomic mass is 9.42. The van der Waals surface area contributed by atoms with Crippen LogP contribution in [0.5, 0.6) is 0 Å². The van der Waals surface area contributed by atoms with Gasteiger partial charge in [-0.1, -0.05) is 0 Å². The lowest BCUT2D eigenvalue weighted by Gasteiger charge is -2.61. The monoisotopic (exact) mass is 261 g/mol. The molecule has 3 heteroatoms. The van der Waals surface area contributed by atoms with Crippen LogP contribution >= 0.6 is 0 Å². The van der Waals surface area contributed by atoms with Gasteiger partial charge in [0.25, 0.3) is 0 Å². The van der Waals surface area contributed by atoms with Crippen molar-refractivity contribution in [3.8, 4) is 6.07 Å². The van der Waals surface area contributed by atoms with E-state index in [1.165, 1.54) is 26.4 Å². The molecule has 4 saturated carbocycles. The van der Waals surface area contributed by atoms with E-state index in [4.69, 9.17) is 4.74 Å². The maximum atomic E-state index is 11.7. The van der Waals surface area contributed by atoms with Crippen LogP contribution in [-0.4, -0.2) is 13.1 Å². The van der Waals surface area contributed by atoms with Crippen molar-refractivity contribution in [2.24, 2.45) is 28.6 Å². The molecule has 0 spiro atoms. The van der Waals surface area contributed by atoms with Gasteiger partial charge in [-0.2, -0.15) is 5.26 Å². The van der Waals surface area contributed by atoms with E-state index in [1.807, 2.05) is 6.92 Å². The van der Waals surface area contributed by atoms with Gasteiger partial charge in [-0.25, -0.2) is 0 Å². The average molecular weight is 261 g/mol. The summed E-state index contributed by atoms with van der Waals surface area (Å²) in [6.07, 6.45) is 7.79. The lowest BCUT2D eigenvalue weighted by Crippen LogP contribution is -2.53. The molecule has 4 aliphatic rings. The van der Waals surface area contributed by atoms with Gasteiger partial charge in [0.1, 0.15) is 0 Å². The number of carbonyl (C=O) groups excluding carboxylic acids is 1. The number of nitriles is 1. The van der Waals surface area contributed by atoms with E-state index in [1.54, 1.807) is 0 Å². The minimum atomic E-state index is -0.546. The Morgan fingerprint density at radius 2 is 1.74 bits per heavy atom. The van der Waals surface area contributed by atoms with Crippen LogP contribution in [0.1, 0.15) is 51.9 Å². The first-order valence-electron chi connectivity index (χ1n) is 7.48. The molecule has 4 fully saturated rings. The third kappa shape index (κ3) is 1.88. The first-order valence-corrected chi connectivity index (χ1v) is 7.48. The van der Waals surface area contributed by atoms with E-state index < -0.39 is 5.41 Å². The second kappa shape index (κ2) is 4.23. The molecule has 0 aromatic rings. The highest BCUT2D eigenvalue weighted by molar-refractivity contribution is 5.70. The SMILES string of the molecule is COC(=O)CC(C)(C#N)C12CC3CC(CC(C3)C1)C2. The van der Waals surface area contributed by atoms with Gasteiger partial charge >= 0.3 is 5.97 Å². The van der Waals surface area contributed by atoms with Crippen LogP contribution in [0.4, 0.5) is 0 Å². The molecule has 0 radical (unpaired) electrons. The molecule has 19 heavy (non-hydrogen) atoms. The predicted octanol–water partition coefficient (Wildman–Crippen LogP) is 3.30. The van der Waals surface area contributed by atoms with Crippen molar-refractivity contribution in [3.63, 3.8) is 0 Å². The third-order valence-corrected chi connectivity index (χ3v) is 6.18. The molecule has 4 aliphatic carbocycles. The molecule has 0 aliphatic heterocycles. The topological polar surface area (TPSA) is 50.1 Å². The van der Waals surface area contributed by atoms with Crippen molar-refractivity contribution in [1.82, 2.24) is 0 Å². The molecular weight excluding hydrogens is 238 g/mol. The Morgan fingerprint density at radius 1 is 1.26 bits per heavy atom. The summed E-state index contributed by atoms with van der Waals surface area (Å²) < 4.78 is 4.82. The largest absolute Gasteiger partial charge is 0.469 e. The zero-order chi connectivity index (χ0) is 13.7. The Labute approximate surface area is 115 Å². The molecule has 0 N–H and O–H groups in total. The Kier molecular flexibility index (Phi) is 2.89. The van der Waals surface area contributed by atoms with Gasteiger partial charge in [0, 0.05) is 0 Å². The lowest BCUT2D eigenvalue weighted by molar-refractivity contribution is -0.151. The minimum Gasteiger partial charge on any atom is -0.469 e. The molecule has 4 rings (SSSR count). The number of hydrogen-bond acceptors (Lipinski definition) is 3. The van der Waals surface area contributed by atoms with Crippen LogP contribution in [0.3, 0.4) is 0 Å². The fraction of sp³-hybridized carbons (Fsp3) is 0.875. The average Bonchev–Trinajstić information content (AvgIpc) is 2.36. The van der Waals surface area contributed by atoms with Crippen molar-refractivity contribution < 1.29 is 9.53 Å². The van der Waals surface area contributed by atoms with Crippen LogP contribution in [-0.2, 0) is 9.53 Å². The summed E-state index contributed by atoms with van der Waals surface area (Å²) in [6.45, 7) is 2.00. The van der Waals surface area contributed by atoms with Crippen LogP contribution in [0.25, 0.3) is 0 Å². The Morgan fingerprint density at radius 3 is 2.11 bits per heavy atom. The van der Waals surface area contributed by atoms with E-state index in [0.717, 1.165) is 37.0 Å². The highest BCUT2D eigenvalue weighted by Crippen LogP contribution is 2.66. The van der Waals surface area contributed by atoms with E-state index in [0.29, 0.717) is 0 Å². The summed E-state index contributed by atoms with van der Waals surface area (Å²) >= 11 is 0. The number of hydrogen-bond donors (Lipinski definition) is 0. The summed E-state index contributed by atoms with van der Waals surface area (Å²) in [5.41, 5.74) is -0.471. The van der Waals surface area contributed by atoms with E-state index in [9.17, 15) is 10.1 Å². The van der Waals surface area contributed by atoms with E-state index in [2.05, 4.69) is 6.07 Å². The Balaban J connectivity index is 1.90. The molecule has 0 aromatic heterocycles. The van der Waals surface area contributed by atoms with Gasteiger partial charge in [0.15, 0.2) is 0 Å². The highest BCUT2D eigenvalue weighted by atomic mass is 16.5. The number of nitrogens with zero attached hydrogens (tertiary/aromatic N) is 1. The highest BCUT2D eigenvalue weighted by Gasteiger charge is 2.59. The van der Waals surface area contributed by atoms with Gasteiger partial charge in [0.2, 0.25) is 0 Å². The van der Waals surface area contributed by atoms with Crippen molar-refractivity contribution in [2.75, 3.05) is 7.11 Å². The third-order valence-electron chi connectivity index (χ3n) is 6.18. The molecule has 0 heterocycles. The predicted molar refractivity (Wildman–Crippen MR) is 71.0 cm³/mol. The van der Waals surface area contributed by atoms with Crippen molar-refractivity contribution >= 4 is 5.97 Å². The molecule has 0 aromatic carbocycles. The van der Waals surface area contributed by atoms with Crippen molar-refractivity contribution in [1.29, 1.82) is 5.26 Å². The summed E-state index contributed by atoms with van der Waals surface area (Å²) in [4.78, 5) is 11.7. The summed E-state index contributed by atoms with van der Waals surface area (Å²) in [5.74, 6) is 2.17. The molecular formula is C16H23NO2. The Hall–Kier alpha value is -1.04. The molecule has 4 bridgehead atoms. The fourth-order valence-electron chi connectivity index (χ4n) is 5.49. The minimum absolute atomic E-state index is 0.0741.